The van der Waals surface area contributed by atoms with E-state index in [-0.39, 0.29) is 16.6 Å². The van der Waals surface area contributed by atoms with Crippen LogP contribution in [0.1, 0.15) is 81.4 Å². The molecule has 0 N–H and O–H groups in total. The van der Waals surface area contributed by atoms with Crippen LogP contribution in [0.15, 0.2) is 12.1 Å². The Morgan fingerprint density at radius 2 is 1.53 bits per heavy atom. The van der Waals surface area contributed by atoms with Crippen molar-refractivity contribution in [3.8, 4) is 0 Å². The molecule has 0 aromatic heterocycles. The Labute approximate surface area is 117 Å². The lowest BCUT2D eigenvalue weighted by atomic mass is 9.62. The third-order valence-electron chi connectivity index (χ3n) is 4.84. The van der Waals surface area contributed by atoms with Crippen molar-refractivity contribution in [2.75, 3.05) is 0 Å². The van der Waals surface area contributed by atoms with E-state index >= 15 is 0 Å². The summed E-state index contributed by atoms with van der Waals surface area (Å²) < 4.78 is 0. The number of rotatable bonds is 2. The second-order valence-electron chi connectivity index (χ2n) is 7.23. The highest BCUT2D eigenvalue weighted by atomic mass is 16.1. The lowest BCUT2D eigenvalue weighted by Gasteiger charge is -2.42. The van der Waals surface area contributed by atoms with E-state index in [4.69, 9.17) is 0 Å². The third-order valence-corrected chi connectivity index (χ3v) is 4.84. The number of aryl methyl sites for hydroxylation is 1. The van der Waals surface area contributed by atoms with Gasteiger partial charge in [0.05, 0.1) is 0 Å². The van der Waals surface area contributed by atoms with Crippen LogP contribution in [-0.2, 0) is 17.3 Å². The second-order valence-corrected chi connectivity index (χ2v) is 7.23. The lowest BCUT2D eigenvalue weighted by Crippen LogP contribution is -2.34. The zero-order valence-corrected chi connectivity index (χ0v) is 13.2. The summed E-state index contributed by atoms with van der Waals surface area (Å²) in [5.74, 6) is 0.193. The van der Waals surface area contributed by atoms with E-state index in [0.29, 0.717) is 0 Å². The highest BCUT2D eigenvalue weighted by Gasteiger charge is 2.37. The Morgan fingerprint density at radius 3 is 1.95 bits per heavy atom. The van der Waals surface area contributed by atoms with Crippen LogP contribution in [-0.4, -0.2) is 5.78 Å². The largest absolute Gasteiger partial charge is 0.295 e. The molecule has 1 aliphatic carbocycles. The average molecular weight is 258 g/mol. The van der Waals surface area contributed by atoms with Gasteiger partial charge in [-0.25, -0.2) is 0 Å². The van der Waals surface area contributed by atoms with Crippen LogP contribution < -0.4 is 0 Å². The Hall–Kier alpha value is -1.11. The number of hydrogen-bond donors (Lipinski definition) is 0. The number of carbonyl (C=O) groups is 1. The SMILES string of the molecule is CCc1cc2c(cc1C(C)=O)C(C)(C)CCC2(C)C. The lowest BCUT2D eigenvalue weighted by molar-refractivity contribution is 0.101. The number of ketones is 1. The van der Waals surface area contributed by atoms with E-state index in [9.17, 15) is 4.79 Å². The minimum Gasteiger partial charge on any atom is -0.295 e. The zero-order valence-electron chi connectivity index (χ0n) is 13.2. The molecule has 0 spiro atoms. The first-order chi connectivity index (χ1) is 8.69. The quantitative estimate of drug-likeness (QED) is 0.696. The molecular formula is C18H26O. The summed E-state index contributed by atoms with van der Waals surface area (Å²) in [5, 5.41) is 0. The molecule has 0 heterocycles. The Balaban J connectivity index is 2.74. The Bertz CT molecular complexity index is 521. The van der Waals surface area contributed by atoms with E-state index in [1.165, 1.54) is 29.5 Å². The van der Waals surface area contributed by atoms with Gasteiger partial charge in [0.1, 0.15) is 0 Å². The van der Waals surface area contributed by atoms with E-state index < -0.39 is 0 Å². The highest BCUT2D eigenvalue weighted by Crippen LogP contribution is 2.46. The van der Waals surface area contributed by atoms with Gasteiger partial charge in [0.25, 0.3) is 0 Å². The number of Topliss-reactive ketones (excluding diaryl/α,β-unsaturated/α-hetero) is 1. The average Bonchev–Trinajstić information content (AvgIpc) is 2.33. The van der Waals surface area contributed by atoms with Crippen LogP contribution in [0.4, 0.5) is 0 Å². The smallest absolute Gasteiger partial charge is 0.160 e. The Kier molecular flexibility index (Phi) is 3.36. The van der Waals surface area contributed by atoms with E-state index in [1.54, 1.807) is 6.92 Å². The third kappa shape index (κ3) is 2.35. The van der Waals surface area contributed by atoms with Crippen LogP contribution in [0.3, 0.4) is 0 Å². The summed E-state index contributed by atoms with van der Waals surface area (Å²) in [7, 11) is 0. The van der Waals surface area contributed by atoms with Crippen LogP contribution in [0.5, 0.6) is 0 Å². The molecular weight excluding hydrogens is 232 g/mol. The van der Waals surface area contributed by atoms with Crippen molar-refractivity contribution < 1.29 is 4.79 Å². The maximum absolute atomic E-state index is 11.9. The van der Waals surface area contributed by atoms with Crippen molar-refractivity contribution in [1.29, 1.82) is 0 Å². The van der Waals surface area contributed by atoms with Crippen LogP contribution in [0, 0.1) is 0 Å². The predicted octanol–water partition coefficient (Wildman–Crippen LogP) is 4.80. The van der Waals surface area contributed by atoms with Crippen molar-refractivity contribution in [3.63, 3.8) is 0 Å². The van der Waals surface area contributed by atoms with E-state index in [0.717, 1.165) is 12.0 Å². The topological polar surface area (TPSA) is 17.1 Å². The molecule has 1 aromatic carbocycles. The molecule has 0 saturated carbocycles. The molecule has 0 fully saturated rings. The van der Waals surface area contributed by atoms with Gasteiger partial charge in [-0.3, -0.25) is 4.79 Å². The van der Waals surface area contributed by atoms with Crippen molar-refractivity contribution in [2.45, 2.75) is 71.6 Å². The van der Waals surface area contributed by atoms with E-state index in [1.807, 2.05) is 0 Å². The summed E-state index contributed by atoms with van der Waals surface area (Å²) >= 11 is 0. The minimum absolute atomic E-state index is 0.182. The molecule has 19 heavy (non-hydrogen) atoms. The fourth-order valence-electron chi connectivity index (χ4n) is 3.28. The molecule has 0 amide bonds. The van der Waals surface area contributed by atoms with Gasteiger partial charge >= 0.3 is 0 Å². The number of carbonyl (C=O) groups excluding carboxylic acids is 1. The molecule has 1 heteroatoms. The van der Waals surface area contributed by atoms with E-state index in [2.05, 4.69) is 46.8 Å². The maximum Gasteiger partial charge on any atom is 0.160 e. The molecule has 1 nitrogen and oxygen atoms in total. The van der Waals surface area contributed by atoms with Crippen molar-refractivity contribution in [1.82, 2.24) is 0 Å². The molecule has 2 rings (SSSR count). The maximum atomic E-state index is 11.9. The van der Waals surface area contributed by atoms with Gasteiger partial charge in [0.15, 0.2) is 5.78 Å². The first kappa shape index (κ1) is 14.3. The molecule has 1 aromatic rings. The summed E-state index contributed by atoms with van der Waals surface area (Å²) in [5.41, 5.74) is 5.37. The first-order valence-corrected chi connectivity index (χ1v) is 7.38. The van der Waals surface area contributed by atoms with Gasteiger partial charge in [0.2, 0.25) is 0 Å². The molecule has 0 bridgehead atoms. The van der Waals surface area contributed by atoms with Gasteiger partial charge in [-0.05, 0) is 59.8 Å². The predicted molar refractivity (Wildman–Crippen MR) is 81.1 cm³/mol. The number of fused-ring (bicyclic) bond motifs is 1. The highest BCUT2D eigenvalue weighted by molar-refractivity contribution is 5.96. The van der Waals surface area contributed by atoms with Crippen LogP contribution in [0.25, 0.3) is 0 Å². The second kappa shape index (κ2) is 4.47. The molecule has 0 unspecified atom stereocenters. The van der Waals surface area contributed by atoms with Crippen molar-refractivity contribution in [3.05, 3.63) is 34.4 Å². The summed E-state index contributed by atoms with van der Waals surface area (Å²) in [6, 6.07) is 4.48. The minimum atomic E-state index is 0.182. The normalized spacial score (nSPS) is 19.9. The zero-order chi connectivity index (χ0) is 14.4. The molecule has 1 aliphatic rings. The van der Waals surface area contributed by atoms with Crippen molar-refractivity contribution in [2.24, 2.45) is 0 Å². The monoisotopic (exact) mass is 258 g/mol. The first-order valence-electron chi connectivity index (χ1n) is 7.38. The molecule has 104 valence electrons. The molecule has 0 aliphatic heterocycles. The van der Waals surface area contributed by atoms with Crippen molar-refractivity contribution >= 4 is 5.78 Å². The van der Waals surface area contributed by atoms with Gasteiger partial charge < -0.3 is 0 Å². The molecule has 0 saturated heterocycles. The van der Waals surface area contributed by atoms with Crippen LogP contribution >= 0.6 is 0 Å². The van der Waals surface area contributed by atoms with Gasteiger partial charge in [-0.15, -0.1) is 0 Å². The Morgan fingerprint density at radius 1 is 1.05 bits per heavy atom. The number of benzene rings is 1. The van der Waals surface area contributed by atoms with Gasteiger partial charge in [-0.1, -0.05) is 40.7 Å². The summed E-state index contributed by atoms with van der Waals surface area (Å²) in [4.78, 5) is 11.9. The summed E-state index contributed by atoms with van der Waals surface area (Å²) in [6.45, 7) is 13.1. The standard InChI is InChI=1S/C18H26O/c1-7-13-10-15-16(11-14(13)12(2)19)18(5,6)9-8-17(15,3)4/h10-11H,7-9H2,1-6H3. The fourth-order valence-corrected chi connectivity index (χ4v) is 3.28. The van der Waals surface area contributed by atoms with Gasteiger partial charge in [0, 0.05) is 5.56 Å². The summed E-state index contributed by atoms with van der Waals surface area (Å²) in [6.07, 6.45) is 3.34. The van der Waals surface area contributed by atoms with Gasteiger partial charge in [-0.2, -0.15) is 0 Å². The molecule has 0 radical (unpaired) electrons. The van der Waals surface area contributed by atoms with Crippen LogP contribution in [0.2, 0.25) is 0 Å². The number of hydrogen-bond acceptors (Lipinski definition) is 1. The fraction of sp³-hybridized carbons (Fsp3) is 0.611. The molecule has 0 atom stereocenters.